The SMILES string of the molecule is CC(Oc1ccc(/C=C2/SC(N)=NC2=O)cc1)C(=O)O. The Kier molecular flexibility index (Phi) is 4.09. The molecule has 0 saturated heterocycles. The number of carbonyl (C=O) groups excluding carboxylic acids is 1. The monoisotopic (exact) mass is 292 g/mol. The molecule has 3 N–H and O–H groups in total. The summed E-state index contributed by atoms with van der Waals surface area (Å²) in [6.45, 7) is 1.45. The lowest BCUT2D eigenvalue weighted by atomic mass is 10.2. The molecular formula is C13H12N2O4S. The molecule has 0 bridgehead atoms. The molecule has 1 aromatic carbocycles. The maximum Gasteiger partial charge on any atom is 0.344 e. The minimum Gasteiger partial charge on any atom is -0.479 e. The van der Waals surface area contributed by atoms with Gasteiger partial charge in [-0.05, 0) is 42.5 Å². The number of nitrogens with zero attached hydrogens (tertiary/aromatic N) is 1. The van der Waals surface area contributed by atoms with Crippen LogP contribution in [-0.4, -0.2) is 28.3 Å². The predicted octanol–water partition coefficient (Wildman–Crippen LogP) is 1.47. The van der Waals surface area contributed by atoms with Crippen molar-refractivity contribution in [1.82, 2.24) is 0 Å². The van der Waals surface area contributed by atoms with Gasteiger partial charge in [-0.2, -0.15) is 4.99 Å². The van der Waals surface area contributed by atoms with Crippen molar-refractivity contribution >= 4 is 34.9 Å². The van der Waals surface area contributed by atoms with Crippen molar-refractivity contribution in [1.29, 1.82) is 0 Å². The zero-order chi connectivity index (χ0) is 14.7. The maximum atomic E-state index is 11.4. The van der Waals surface area contributed by atoms with Crippen molar-refractivity contribution in [3.8, 4) is 5.75 Å². The molecule has 0 radical (unpaired) electrons. The number of aliphatic carboxylic acids is 1. The number of rotatable bonds is 4. The Hall–Kier alpha value is -2.28. The Morgan fingerprint density at radius 1 is 1.45 bits per heavy atom. The van der Waals surface area contributed by atoms with Crippen LogP contribution in [0.4, 0.5) is 0 Å². The number of carbonyl (C=O) groups is 2. The van der Waals surface area contributed by atoms with Crippen molar-refractivity contribution in [2.24, 2.45) is 10.7 Å². The quantitative estimate of drug-likeness (QED) is 0.815. The number of ether oxygens (including phenoxy) is 1. The van der Waals surface area contributed by atoms with Gasteiger partial charge in [0.05, 0.1) is 4.91 Å². The molecule has 1 aliphatic rings. The molecule has 0 spiro atoms. The van der Waals surface area contributed by atoms with Gasteiger partial charge in [-0.25, -0.2) is 4.79 Å². The third-order valence-corrected chi connectivity index (χ3v) is 3.29. The second kappa shape index (κ2) is 5.79. The van der Waals surface area contributed by atoms with Crippen LogP contribution in [0, 0.1) is 0 Å². The van der Waals surface area contributed by atoms with Gasteiger partial charge >= 0.3 is 5.97 Å². The van der Waals surface area contributed by atoms with Gasteiger partial charge in [0, 0.05) is 0 Å². The summed E-state index contributed by atoms with van der Waals surface area (Å²) < 4.78 is 5.20. The smallest absolute Gasteiger partial charge is 0.344 e. The van der Waals surface area contributed by atoms with Crippen molar-refractivity contribution in [3.05, 3.63) is 34.7 Å². The number of hydrogen-bond acceptors (Lipinski definition) is 5. The fourth-order valence-electron chi connectivity index (χ4n) is 1.47. The van der Waals surface area contributed by atoms with Gasteiger partial charge in [0.1, 0.15) is 5.75 Å². The molecule has 0 aromatic heterocycles. The van der Waals surface area contributed by atoms with E-state index in [1.807, 2.05) is 0 Å². The Bertz CT molecular complexity index is 607. The van der Waals surface area contributed by atoms with Crippen LogP contribution in [0.3, 0.4) is 0 Å². The van der Waals surface area contributed by atoms with Gasteiger partial charge in [-0.15, -0.1) is 0 Å². The molecule has 1 unspecified atom stereocenters. The number of carboxylic acid groups (broad SMARTS) is 1. The molecule has 7 heteroatoms. The van der Waals surface area contributed by atoms with Crippen LogP contribution in [0.25, 0.3) is 6.08 Å². The number of carboxylic acids is 1. The van der Waals surface area contributed by atoms with E-state index in [1.165, 1.54) is 6.92 Å². The van der Waals surface area contributed by atoms with E-state index in [-0.39, 0.29) is 11.1 Å². The van der Waals surface area contributed by atoms with E-state index in [0.717, 1.165) is 17.3 Å². The summed E-state index contributed by atoms with van der Waals surface area (Å²) in [7, 11) is 0. The van der Waals surface area contributed by atoms with Crippen LogP contribution in [0.2, 0.25) is 0 Å². The topological polar surface area (TPSA) is 102 Å². The Balaban J connectivity index is 2.08. The molecule has 1 heterocycles. The van der Waals surface area contributed by atoms with Crippen molar-refractivity contribution in [2.75, 3.05) is 0 Å². The zero-order valence-electron chi connectivity index (χ0n) is 10.6. The minimum absolute atomic E-state index is 0.233. The normalized spacial score (nSPS) is 17.9. The lowest BCUT2D eigenvalue weighted by Gasteiger charge is -2.10. The van der Waals surface area contributed by atoms with Crippen molar-refractivity contribution < 1.29 is 19.4 Å². The molecule has 1 atom stereocenters. The second-order valence-electron chi connectivity index (χ2n) is 4.03. The van der Waals surface area contributed by atoms with Crippen LogP contribution in [0.1, 0.15) is 12.5 Å². The maximum absolute atomic E-state index is 11.4. The van der Waals surface area contributed by atoms with E-state index in [4.69, 9.17) is 15.6 Å². The minimum atomic E-state index is -1.03. The fourth-order valence-corrected chi connectivity index (χ4v) is 2.16. The second-order valence-corrected chi connectivity index (χ2v) is 5.10. The number of amides is 1. The van der Waals surface area contributed by atoms with Gasteiger partial charge in [0.25, 0.3) is 5.91 Å². The van der Waals surface area contributed by atoms with Gasteiger partial charge in [0.15, 0.2) is 11.3 Å². The van der Waals surface area contributed by atoms with Crippen molar-refractivity contribution in [3.63, 3.8) is 0 Å². The molecule has 2 rings (SSSR count). The number of aliphatic imine (C=N–C) groups is 1. The first kappa shape index (κ1) is 14.1. The van der Waals surface area contributed by atoms with Crippen LogP contribution < -0.4 is 10.5 Å². The molecule has 0 aliphatic carbocycles. The van der Waals surface area contributed by atoms with E-state index in [1.54, 1.807) is 30.3 Å². The number of thioether (sulfide) groups is 1. The number of nitrogens with two attached hydrogens (primary N) is 1. The van der Waals surface area contributed by atoms with Gasteiger partial charge < -0.3 is 15.6 Å². The van der Waals surface area contributed by atoms with Crippen LogP contribution >= 0.6 is 11.8 Å². The number of hydrogen-bond donors (Lipinski definition) is 2. The summed E-state index contributed by atoms with van der Waals surface area (Å²) >= 11 is 1.12. The Morgan fingerprint density at radius 3 is 2.60 bits per heavy atom. The molecule has 6 nitrogen and oxygen atoms in total. The molecule has 1 aromatic rings. The molecule has 0 fully saturated rings. The zero-order valence-corrected chi connectivity index (χ0v) is 11.4. The van der Waals surface area contributed by atoms with E-state index < -0.39 is 12.1 Å². The predicted molar refractivity (Wildman–Crippen MR) is 76.4 cm³/mol. The highest BCUT2D eigenvalue weighted by molar-refractivity contribution is 8.18. The number of benzene rings is 1. The highest BCUT2D eigenvalue weighted by atomic mass is 32.2. The van der Waals surface area contributed by atoms with Crippen LogP contribution in [0.15, 0.2) is 34.2 Å². The highest BCUT2D eigenvalue weighted by Crippen LogP contribution is 2.26. The average molecular weight is 292 g/mol. The van der Waals surface area contributed by atoms with Gasteiger partial charge in [0.2, 0.25) is 0 Å². The Morgan fingerprint density at radius 2 is 2.10 bits per heavy atom. The fraction of sp³-hybridized carbons (Fsp3) is 0.154. The standard InChI is InChI=1S/C13H12N2O4S/c1-7(12(17)18)19-9-4-2-8(3-5-9)6-10-11(16)15-13(14)20-10/h2-7H,1H3,(H,17,18)(H2,14,15,16)/b10-6+. The van der Waals surface area contributed by atoms with Crippen LogP contribution in [-0.2, 0) is 9.59 Å². The van der Waals surface area contributed by atoms with Gasteiger partial charge in [-0.1, -0.05) is 12.1 Å². The van der Waals surface area contributed by atoms with E-state index in [9.17, 15) is 9.59 Å². The highest BCUT2D eigenvalue weighted by Gasteiger charge is 2.19. The lowest BCUT2D eigenvalue weighted by Crippen LogP contribution is -2.22. The summed E-state index contributed by atoms with van der Waals surface area (Å²) in [6, 6.07) is 6.72. The molecular weight excluding hydrogens is 280 g/mol. The summed E-state index contributed by atoms with van der Waals surface area (Å²) in [4.78, 5) is 26.2. The van der Waals surface area contributed by atoms with Gasteiger partial charge in [-0.3, -0.25) is 4.79 Å². The van der Waals surface area contributed by atoms with E-state index >= 15 is 0 Å². The first-order valence-electron chi connectivity index (χ1n) is 5.73. The average Bonchev–Trinajstić information content (AvgIpc) is 2.70. The third-order valence-electron chi connectivity index (χ3n) is 2.48. The van der Waals surface area contributed by atoms with Crippen molar-refractivity contribution in [2.45, 2.75) is 13.0 Å². The summed E-state index contributed by atoms with van der Waals surface area (Å²) in [5, 5.41) is 8.98. The van der Waals surface area contributed by atoms with Crippen LogP contribution in [0.5, 0.6) is 5.75 Å². The first-order chi connectivity index (χ1) is 9.45. The third kappa shape index (κ3) is 3.39. The largest absolute Gasteiger partial charge is 0.479 e. The molecule has 104 valence electrons. The first-order valence-corrected chi connectivity index (χ1v) is 6.55. The molecule has 1 amide bonds. The molecule has 1 aliphatic heterocycles. The Labute approximate surface area is 119 Å². The lowest BCUT2D eigenvalue weighted by molar-refractivity contribution is -0.144. The number of amidine groups is 1. The van der Waals surface area contributed by atoms with E-state index in [0.29, 0.717) is 10.7 Å². The summed E-state index contributed by atoms with van der Waals surface area (Å²) in [6.07, 6.45) is 0.750. The molecule has 0 saturated carbocycles. The summed E-state index contributed by atoms with van der Waals surface area (Å²) in [5.74, 6) is -0.938. The summed E-state index contributed by atoms with van der Waals surface area (Å²) in [5.41, 5.74) is 6.23. The molecule has 20 heavy (non-hydrogen) atoms. The van der Waals surface area contributed by atoms with E-state index in [2.05, 4.69) is 4.99 Å².